The number of pyridine rings is 2. The van der Waals surface area contributed by atoms with Gasteiger partial charge in [-0.3, -0.25) is 9.97 Å². The molecule has 22 heavy (non-hydrogen) atoms. The molecule has 0 atom stereocenters. The Balaban J connectivity index is 2.30. The molecule has 2 N–H and O–H groups in total. The summed E-state index contributed by atoms with van der Waals surface area (Å²) in [6.07, 6.45) is 3.46. The Labute approximate surface area is 138 Å². The van der Waals surface area contributed by atoms with E-state index in [0.717, 1.165) is 22.2 Å². The third-order valence-electron chi connectivity index (χ3n) is 3.42. The highest BCUT2D eigenvalue weighted by Gasteiger charge is 2.13. The summed E-state index contributed by atoms with van der Waals surface area (Å²) in [7, 11) is 3.86. The summed E-state index contributed by atoms with van der Waals surface area (Å²) in [4.78, 5) is 10.9. The molecule has 0 fully saturated rings. The first-order valence-electron chi connectivity index (χ1n) is 6.64. The molecule has 0 saturated carbocycles. The van der Waals surface area contributed by atoms with Crippen LogP contribution in [0.1, 0.15) is 0 Å². The Morgan fingerprint density at radius 1 is 1.05 bits per heavy atom. The first-order chi connectivity index (χ1) is 10.5. The zero-order valence-corrected chi connectivity index (χ0v) is 13.7. The molecule has 3 aromatic rings. The number of aromatic nitrogens is 2. The number of nitrogen functional groups attached to an aromatic ring is 1. The molecule has 2 heterocycles. The van der Waals surface area contributed by atoms with Crippen molar-refractivity contribution in [3.05, 3.63) is 46.7 Å². The zero-order valence-electron chi connectivity index (χ0n) is 12.1. The summed E-state index contributed by atoms with van der Waals surface area (Å²) >= 11 is 12.2. The lowest BCUT2D eigenvalue weighted by Crippen LogP contribution is -2.12. The molecule has 0 aliphatic rings. The summed E-state index contributed by atoms with van der Waals surface area (Å²) in [5.74, 6) is 0. The second-order valence-electron chi connectivity index (χ2n) is 5.17. The van der Waals surface area contributed by atoms with Gasteiger partial charge in [0, 0.05) is 41.3 Å². The minimum Gasteiger partial charge on any atom is -0.396 e. The van der Waals surface area contributed by atoms with Gasteiger partial charge in [0.1, 0.15) is 0 Å². The molecule has 0 saturated heterocycles. The van der Waals surface area contributed by atoms with E-state index in [4.69, 9.17) is 28.9 Å². The second kappa shape index (κ2) is 5.63. The van der Waals surface area contributed by atoms with Crippen LogP contribution >= 0.6 is 23.2 Å². The number of hydrogen-bond acceptors (Lipinski definition) is 4. The van der Waals surface area contributed by atoms with E-state index in [9.17, 15) is 0 Å². The highest BCUT2D eigenvalue weighted by molar-refractivity contribution is 6.35. The number of rotatable bonds is 2. The van der Waals surface area contributed by atoms with Crippen molar-refractivity contribution >= 4 is 45.5 Å². The number of benzene rings is 1. The van der Waals surface area contributed by atoms with Gasteiger partial charge in [-0.25, -0.2) is 0 Å². The second-order valence-corrected chi connectivity index (χ2v) is 6.04. The highest BCUT2D eigenvalue weighted by Crippen LogP contribution is 2.34. The molecule has 6 heteroatoms. The lowest BCUT2D eigenvalue weighted by Gasteiger charge is -2.17. The van der Waals surface area contributed by atoms with Gasteiger partial charge >= 0.3 is 0 Å². The predicted octanol–water partition coefficient (Wildman–Crippen LogP) is 4.25. The van der Waals surface area contributed by atoms with E-state index in [1.54, 1.807) is 18.5 Å². The average Bonchev–Trinajstić information content (AvgIpc) is 2.45. The monoisotopic (exact) mass is 332 g/mol. The molecule has 112 valence electrons. The normalized spacial score (nSPS) is 10.9. The van der Waals surface area contributed by atoms with Crippen molar-refractivity contribution in [2.45, 2.75) is 0 Å². The lowest BCUT2D eigenvalue weighted by molar-refractivity contribution is 1.12. The van der Waals surface area contributed by atoms with Crippen LogP contribution in [0.5, 0.6) is 0 Å². The Kier molecular flexibility index (Phi) is 3.81. The van der Waals surface area contributed by atoms with E-state index in [2.05, 4.69) is 9.97 Å². The summed E-state index contributed by atoms with van der Waals surface area (Å²) in [6.45, 7) is 0. The Morgan fingerprint density at radius 3 is 2.36 bits per heavy atom. The molecule has 0 aliphatic heterocycles. The fourth-order valence-electron chi connectivity index (χ4n) is 2.39. The van der Waals surface area contributed by atoms with Crippen LogP contribution in [0.4, 0.5) is 11.4 Å². The van der Waals surface area contributed by atoms with Crippen LogP contribution in [0.2, 0.25) is 10.0 Å². The van der Waals surface area contributed by atoms with Crippen LogP contribution in [0.3, 0.4) is 0 Å². The molecule has 0 amide bonds. The zero-order chi connectivity index (χ0) is 15.9. The van der Waals surface area contributed by atoms with Crippen LogP contribution < -0.4 is 10.6 Å². The van der Waals surface area contributed by atoms with Gasteiger partial charge in [0.25, 0.3) is 0 Å². The number of nitrogens with two attached hydrogens (primary N) is 1. The number of hydrogen-bond donors (Lipinski definition) is 1. The van der Waals surface area contributed by atoms with Crippen LogP contribution in [0, 0.1) is 0 Å². The van der Waals surface area contributed by atoms with Gasteiger partial charge in [-0.2, -0.15) is 0 Å². The number of halogens is 2. The van der Waals surface area contributed by atoms with E-state index < -0.39 is 0 Å². The molecule has 0 bridgehead atoms. The Morgan fingerprint density at radius 2 is 1.73 bits per heavy atom. The topological polar surface area (TPSA) is 55.0 Å². The van der Waals surface area contributed by atoms with Crippen LogP contribution in [-0.4, -0.2) is 24.1 Å². The smallest absolute Gasteiger partial charge is 0.0987 e. The summed E-state index contributed by atoms with van der Waals surface area (Å²) in [6, 6.07) is 7.17. The Bertz CT molecular complexity index is 842. The summed E-state index contributed by atoms with van der Waals surface area (Å²) < 4.78 is 0. The predicted molar refractivity (Wildman–Crippen MR) is 93.7 cm³/mol. The van der Waals surface area contributed by atoms with E-state index >= 15 is 0 Å². The quantitative estimate of drug-likeness (QED) is 0.762. The van der Waals surface area contributed by atoms with Gasteiger partial charge in [-0.1, -0.05) is 23.2 Å². The van der Waals surface area contributed by atoms with E-state index in [-0.39, 0.29) is 0 Å². The molecule has 1 aromatic carbocycles. The van der Waals surface area contributed by atoms with Crippen molar-refractivity contribution in [2.24, 2.45) is 0 Å². The van der Waals surface area contributed by atoms with E-state index in [1.807, 2.05) is 37.2 Å². The van der Waals surface area contributed by atoms with Gasteiger partial charge < -0.3 is 10.6 Å². The molecule has 4 nitrogen and oxygen atoms in total. The maximum absolute atomic E-state index is 6.27. The fraction of sp³-hybridized carbons (Fsp3) is 0.125. The average molecular weight is 333 g/mol. The van der Waals surface area contributed by atoms with Crippen molar-refractivity contribution < 1.29 is 0 Å². The van der Waals surface area contributed by atoms with Crippen molar-refractivity contribution in [2.75, 3.05) is 24.7 Å². The molecule has 2 aromatic heterocycles. The molecule has 0 radical (unpaired) electrons. The first-order valence-corrected chi connectivity index (χ1v) is 7.40. The highest BCUT2D eigenvalue weighted by atomic mass is 35.5. The molecular formula is C16H14Cl2N4. The third kappa shape index (κ3) is 2.56. The van der Waals surface area contributed by atoms with Crippen molar-refractivity contribution in [3.63, 3.8) is 0 Å². The van der Waals surface area contributed by atoms with E-state index in [0.29, 0.717) is 21.4 Å². The third-order valence-corrected chi connectivity index (χ3v) is 3.86. The summed E-state index contributed by atoms with van der Waals surface area (Å²) in [5, 5.41) is 1.96. The maximum Gasteiger partial charge on any atom is 0.0987 e. The van der Waals surface area contributed by atoms with Crippen molar-refractivity contribution in [1.29, 1.82) is 0 Å². The van der Waals surface area contributed by atoms with E-state index in [1.165, 1.54) is 0 Å². The minimum absolute atomic E-state index is 0.555. The van der Waals surface area contributed by atoms with Crippen LogP contribution in [-0.2, 0) is 0 Å². The fourth-order valence-corrected chi connectivity index (χ4v) is 2.92. The van der Waals surface area contributed by atoms with Gasteiger partial charge in [0.05, 0.1) is 28.8 Å². The van der Waals surface area contributed by atoms with Crippen LogP contribution in [0.15, 0.2) is 36.7 Å². The van der Waals surface area contributed by atoms with Gasteiger partial charge in [0.2, 0.25) is 0 Å². The number of anilines is 2. The standard InChI is InChI=1S/C16H14Cl2N4/c1-22(2)13-8-21-16-12(14(13)19)3-4-20-15(16)9-5-10(17)7-11(18)6-9/h3-8H,1-2H3,(H2,19,21). The Hall–Kier alpha value is -2.04. The first kappa shape index (κ1) is 14.9. The summed E-state index contributed by atoms with van der Waals surface area (Å²) in [5.41, 5.74) is 10.1. The van der Waals surface area contributed by atoms with Crippen LogP contribution in [0.25, 0.3) is 22.2 Å². The van der Waals surface area contributed by atoms with Crippen molar-refractivity contribution in [1.82, 2.24) is 9.97 Å². The molecule has 0 unspecified atom stereocenters. The lowest BCUT2D eigenvalue weighted by atomic mass is 10.1. The largest absolute Gasteiger partial charge is 0.396 e. The molecule has 0 spiro atoms. The molecule has 0 aliphatic carbocycles. The van der Waals surface area contributed by atoms with Crippen molar-refractivity contribution in [3.8, 4) is 11.3 Å². The SMILES string of the molecule is CN(C)c1cnc2c(-c3cc(Cl)cc(Cl)c3)nccc2c1N. The minimum atomic E-state index is 0.555. The van der Waals surface area contributed by atoms with Gasteiger partial charge in [0.15, 0.2) is 0 Å². The maximum atomic E-state index is 6.27. The number of nitrogens with zero attached hydrogens (tertiary/aromatic N) is 3. The molecule has 3 rings (SSSR count). The molecular weight excluding hydrogens is 319 g/mol. The van der Waals surface area contributed by atoms with Gasteiger partial charge in [-0.15, -0.1) is 0 Å². The number of fused-ring (bicyclic) bond motifs is 1. The van der Waals surface area contributed by atoms with Gasteiger partial charge in [-0.05, 0) is 24.3 Å².